The summed E-state index contributed by atoms with van der Waals surface area (Å²) in [7, 11) is 4.82. The first kappa shape index (κ1) is 20.0. The Bertz CT molecular complexity index is 1160. The average Bonchev–Trinajstić information content (AvgIpc) is 3.22. The molecule has 1 aromatic heterocycles. The van der Waals surface area contributed by atoms with Crippen LogP contribution in [0.5, 0.6) is 17.2 Å². The Kier molecular flexibility index (Phi) is 5.72. The van der Waals surface area contributed by atoms with Crippen LogP contribution in [0.3, 0.4) is 0 Å². The van der Waals surface area contributed by atoms with Gasteiger partial charge in [-0.05, 0) is 41.3 Å². The summed E-state index contributed by atoms with van der Waals surface area (Å²) in [6, 6.07) is 21.5. The van der Waals surface area contributed by atoms with Crippen LogP contribution in [0.1, 0.15) is 15.9 Å². The first-order chi connectivity index (χ1) is 14.6. The summed E-state index contributed by atoms with van der Waals surface area (Å²) < 4.78 is 17.5. The maximum atomic E-state index is 13.2. The zero-order valence-corrected chi connectivity index (χ0v) is 17.9. The molecule has 0 atom stereocenters. The highest BCUT2D eigenvalue weighted by molar-refractivity contribution is 7.22. The Hall–Kier alpha value is -3.31. The molecule has 0 saturated carbocycles. The molecule has 0 N–H and O–H groups in total. The second-order valence-electron chi connectivity index (χ2n) is 6.85. The van der Waals surface area contributed by atoms with Gasteiger partial charge in [0.2, 0.25) is 0 Å². The molecule has 0 aliphatic heterocycles. The van der Waals surface area contributed by atoms with Crippen LogP contribution in [0.4, 0.5) is 0 Å². The van der Waals surface area contributed by atoms with E-state index in [0.717, 1.165) is 21.8 Å². The SMILES string of the molecule is COc1ccc(CC(=O)c2cc(-c3cc4ccccc4s3)c(OC)cc2OC)cc1. The Morgan fingerprint density at radius 2 is 1.57 bits per heavy atom. The average molecular weight is 419 g/mol. The summed E-state index contributed by atoms with van der Waals surface area (Å²) >= 11 is 1.68. The van der Waals surface area contributed by atoms with Gasteiger partial charge in [0.15, 0.2) is 5.78 Å². The number of ether oxygens (including phenoxy) is 3. The Balaban J connectivity index is 1.74. The number of Topliss-reactive ketones (excluding diaryl/α,β-unsaturated/α-hetero) is 1. The number of rotatable bonds is 7. The van der Waals surface area contributed by atoms with Crippen molar-refractivity contribution in [3.05, 3.63) is 77.9 Å². The monoisotopic (exact) mass is 418 g/mol. The molecule has 0 aliphatic rings. The highest BCUT2D eigenvalue weighted by atomic mass is 32.1. The van der Waals surface area contributed by atoms with E-state index in [0.29, 0.717) is 17.1 Å². The minimum atomic E-state index is -0.0120. The van der Waals surface area contributed by atoms with E-state index in [-0.39, 0.29) is 12.2 Å². The van der Waals surface area contributed by atoms with Crippen LogP contribution < -0.4 is 14.2 Å². The van der Waals surface area contributed by atoms with Gasteiger partial charge in [-0.25, -0.2) is 0 Å². The molecule has 152 valence electrons. The van der Waals surface area contributed by atoms with E-state index in [1.54, 1.807) is 38.7 Å². The summed E-state index contributed by atoms with van der Waals surface area (Å²) in [5.74, 6) is 1.94. The predicted molar refractivity (Wildman–Crippen MR) is 121 cm³/mol. The predicted octanol–water partition coefficient (Wildman–Crippen LogP) is 6.02. The largest absolute Gasteiger partial charge is 0.497 e. The van der Waals surface area contributed by atoms with Crippen molar-refractivity contribution in [3.8, 4) is 27.7 Å². The Morgan fingerprint density at radius 3 is 2.23 bits per heavy atom. The van der Waals surface area contributed by atoms with Gasteiger partial charge in [-0.1, -0.05) is 30.3 Å². The van der Waals surface area contributed by atoms with Crippen molar-refractivity contribution in [2.75, 3.05) is 21.3 Å². The normalized spacial score (nSPS) is 10.8. The van der Waals surface area contributed by atoms with Crippen LogP contribution in [0.25, 0.3) is 20.5 Å². The summed E-state index contributed by atoms with van der Waals surface area (Å²) in [6.45, 7) is 0. The van der Waals surface area contributed by atoms with Crippen molar-refractivity contribution >= 4 is 27.2 Å². The molecule has 0 unspecified atom stereocenters. The highest BCUT2D eigenvalue weighted by Gasteiger charge is 2.19. The van der Waals surface area contributed by atoms with E-state index in [2.05, 4.69) is 18.2 Å². The van der Waals surface area contributed by atoms with Gasteiger partial charge in [-0.3, -0.25) is 4.79 Å². The van der Waals surface area contributed by atoms with Crippen LogP contribution in [0, 0.1) is 0 Å². The minimum absolute atomic E-state index is 0.0120. The summed E-state index contributed by atoms with van der Waals surface area (Å²) in [5, 5.41) is 1.17. The smallest absolute Gasteiger partial charge is 0.170 e. The molecule has 4 rings (SSSR count). The topological polar surface area (TPSA) is 44.8 Å². The molecule has 0 spiro atoms. The lowest BCUT2D eigenvalue weighted by Crippen LogP contribution is -2.07. The molecule has 4 nitrogen and oxygen atoms in total. The van der Waals surface area contributed by atoms with Crippen LogP contribution >= 0.6 is 11.3 Å². The van der Waals surface area contributed by atoms with Gasteiger partial charge in [0, 0.05) is 27.6 Å². The van der Waals surface area contributed by atoms with E-state index in [1.165, 1.54) is 10.1 Å². The molecule has 1 heterocycles. The standard InChI is InChI=1S/C25H22O4S/c1-27-18-10-8-16(9-11-18)12-21(26)19-14-20(23(29-3)15-22(19)28-2)25-13-17-6-4-5-7-24(17)30-25/h4-11,13-15H,12H2,1-3H3. The first-order valence-electron chi connectivity index (χ1n) is 9.54. The zero-order valence-electron chi connectivity index (χ0n) is 17.1. The number of ketones is 1. The second-order valence-corrected chi connectivity index (χ2v) is 7.93. The van der Waals surface area contributed by atoms with Crippen LogP contribution in [0.2, 0.25) is 0 Å². The number of hydrogen-bond acceptors (Lipinski definition) is 5. The lowest BCUT2D eigenvalue weighted by Gasteiger charge is -2.14. The summed E-state index contributed by atoms with van der Waals surface area (Å²) in [4.78, 5) is 14.2. The number of fused-ring (bicyclic) bond motifs is 1. The maximum absolute atomic E-state index is 13.2. The molecule has 0 radical (unpaired) electrons. The van der Waals surface area contributed by atoms with Gasteiger partial charge in [0.1, 0.15) is 17.2 Å². The fourth-order valence-electron chi connectivity index (χ4n) is 3.45. The molecule has 0 bridgehead atoms. The van der Waals surface area contributed by atoms with Crippen molar-refractivity contribution in [1.82, 2.24) is 0 Å². The highest BCUT2D eigenvalue weighted by Crippen LogP contribution is 2.41. The summed E-state index contributed by atoms with van der Waals surface area (Å²) in [5.41, 5.74) is 2.35. The zero-order chi connectivity index (χ0) is 21.1. The van der Waals surface area contributed by atoms with Gasteiger partial charge >= 0.3 is 0 Å². The molecule has 0 amide bonds. The minimum Gasteiger partial charge on any atom is -0.497 e. The third-order valence-corrected chi connectivity index (χ3v) is 6.19. The molecule has 4 aromatic rings. The van der Waals surface area contributed by atoms with Crippen LogP contribution in [0.15, 0.2) is 66.7 Å². The van der Waals surface area contributed by atoms with E-state index in [9.17, 15) is 4.79 Å². The van der Waals surface area contributed by atoms with E-state index in [4.69, 9.17) is 14.2 Å². The van der Waals surface area contributed by atoms with Gasteiger partial charge in [-0.2, -0.15) is 0 Å². The van der Waals surface area contributed by atoms with E-state index in [1.807, 2.05) is 42.5 Å². The van der Waals surface area contributed by atoms with Crippen molar-refractivity contribution in [3.63, 3.8) is 0 Å². The number of carbonyl (C=O) groups excluding carboxylic acids is 1. The molecule has 0 aliphatic carbocycles. The lowest BCUT2D eigenvalue weighted by atomic mass is 9.99. The molecule has 0 saturated heterocycles. The number of carbonyl (C=O) groups is 1. The number of thiophene rings is 1. The quantitative estimate of drug-likeness (QED) is 0.344. The van der Waals surface area contributed by atoms with Crippen LogP contribution in [-0.2, 0) is 6.42 Å². The lowest BCUT2D eigenvalue weighted by molar-refractivity contribution is 0.0990. The van der Waals surface area contributed by atoms with Crippen molar-refractivity contribution in [2.45, 2.75) is 6.42 Å². The van der Waals surface area contributed by atoms with Crippen molar-refractivity contribution < 1.29 is 19.0 Å². The molecule has 5 heteroatoms. The molecular weight excluding hydrogens is 396 g/mol. The van der Waals surface area contributed by atoms with Crippen molar-refractivity contribution in [1.29, 1.82) is 0 Å². The fourth-order valence-corrected chi connectivity index (χ4v) is 4.53. The Morgan fingerprint density at radius 1 is 0.833 bits per heavy atom. The molecule has 0 fully saturated rings. The van der Waals surface area contributed by atoms with E-state index >= 15 is 0 Å². The third-order valence-electron chi connectivity index (χ3n) is 5.04. The third kappa shape index (κ3) is 3.89. The molecule has 3 aromatic carbocycles. The molecular formula is C25H22O4S. The van der Waals surface area contributed by atoms with Crippen molar-refractivity contribution in [2.24, 2.45) is 0 Å². The van der Waals surface area contributed by atoms with Gasteiger partial charge < -0.3 is 14.2 Å². The number of hydrogen-bond donors (Lipinski definition) is 0. The number of methoxy groups -OCH3 is 3. The van der Waals surface area contributed by atoms with E-state index < -0.39 is 0 Å². The second kappa shape index (κ2) is 8.59. The maximum Gasteiger partial charge on any atom is 0.170 e. The Labute approximate surface area is 179 Å². The molecule has 30 heavy (non-hydrogen) atoms. The number of benzene rings is 3. The fraction of sp³-hybridized carbons (Fsp3) is 0.160. The van der Waals surface area contributed by atoms with Gasteiger partial charge in [0.05, 0.1) is 26.9 Å². The summed E-state index contributed by atoms with van der Waals surface area (Å²) in [6.07, 6.45) is 0.276. The first-order valence-corrected chi connectivity index (χ1v) is 10.4. The van der Waals surface area contributed by atoms with Crippen LogP contribution in [-0.4, -0.2) is 27.1 Å². The van der Waals surface area contributed by atoms with Gasteiger partial charge in [0.25, 0.3) is 0 Å². The van der Waals surface area contributed by atoms with Gasteiger partial charge in [-0.15, -0.1) is 11.3 Å².